The number of ether oxygens (including phenoxy) is 2. The average molecular weight is 522 g/mol. The van der Waals surface area contributed by atoms with Crippen LogP contribution in [0.3, 0.4) is 0 Å². The van der Waals surface area contributed by atoms with Gasteiger partial charge >= 0.3 is 23.5 Å². The molecular formula is C11H25O17P3. The molecule has 1 unspecified atom stereocenters. The van der Waals surface area contributed by atoms with Crippen LogP contribution in [0.15, 0.2) is 0 Å². The second-order valence-electron chi connectivity index (χ2n) is 6.24. The molecule has 8 atom stereocenters. The summed E-state index contributed by atoms with van der Waals surface area (Å²) in [6, 6.07) is 0. The molecule has 0 saturated heterocycles. The summed E-state index contributed by atoms with van der Waals surface area (Å²) in [6.45, 7) is -0.616. The maximum atomic E-state index is 12.2. The van der Waals surface area contributed by atoms with E-state index in [0.29, 0.717) is 0 Å². The second kappa shape index (κ2) is 11.5. The standard InChI is InChI=1S/C11H25O17P3/c1-23-3-5(24-2)4-25-31(21,22)28-9-6(12)7(13)10(26-29(15,16)17)11(8(9)14)27-30(18,19)20/h5-14H,3-4H2,1-2H3,(H,21,22)(H2,15,16,17)(H2,18,19,20)/t5-,6-,7+,8+,9-,10-,11-/m1/s1. The fourth-order valence-electron chi connectivity index (χ4n) is 2.58. The molecule has 0 aliphatic heterocycles. The predicted molar refractivity (Wildman–Crippen MR) is 95.2 cm³/mol. The third-order valence-corrected chi connectivity index (χ3v) is 5.92. The number of hydrogen-bond donors (Lipinski definition) is 8. The van der Waals surface area contributed by atoms with Crippen LogP contribution in [0.1, 0.15) is 0 Å². The third-order valence-electron chi connectivity index (χ3n) is 3.90. The van der Waals surface area contributed by atoms with Gasteiger partial charge in [0.1, 0.15) is 42.7 Å². The van der Waals surface area contributed by atoms with Crippen LogP contribution < -0.4 is 0 Å². The number of aliphatic hydroxyl groups is 3. The van der Waals surface area contributed by atoms with Crippen molar-refractivity contribution in [3.63, 3.8) is 0 Å². The summed E-state index contributed by atoms with van der Waals surface area (Å²) in [5.41, 5.74) is 0. The van der Waals surface area contributed by atoms with E-state index in [9.17, 15) is 33.9 Å². The molecule has 186 valence electrons. The first kappa shape index (κ1) is 29.2. The smallest absolute Gasteiger partial charge is 0.387 e. The topological polar surface area (TPSA) is 268 Å². The Bertz CT molecular complexity index is 705. The summed E-state index contributed by atoms with van der Waals surface area (Å²) in [5, 5.41) is 30.5. The van der Waals surface area contributed by atoms with Crippen LogP contribution in [0.4, 0.5) is 0 Å². The van der Waals surface area contributed by atoms with E-state index in [-0.39, 0.29) is 6.61 Å². The molecule has 0 amide bonds. The molecule has 1 aliphatic carbocycles. The maximum absolute atomic E-state index is 12.2. The van der Waals surface area contributed by atoms with E-state index >= 15 is 0 Å². The predicted octanol–water partition coefficient (Wildman–Crippen LogP) is -2.80. The average Bonchev–Trinajstić information content (AvgIpc) is 2.61. The quantitative estimate of drug-likeness (QED) is 0.120. The number of phosphoric acid groups is 3. The molecule has 0 bridgehead atoms. The van der Waals surface area contributed by atoms with Gasteiger partial charge in [-0.05, 0) is 0 Å². The molecular weight excluding hydrogens is 497 g/mol. The fraction of sp³-hybridized carbons (Fsp3) is 1.00. The van der Waals surface area contributed by atoms with E-state index in [1.807, 2.05) is 0 Å². The number of phosphoric ester groups is 3. The molecule has 0 spiro atoms. The Morgan fingerprint density at radius 3 is 1.58 bits per heavy atom. The summed E-state index contributed by atoms with van der Waals surface area (Å²) in [6.07, 6.45) is -15.1. The summed E-state index contributed by atoms with van der Waals surface area (Å²) in [4.78, 5) is 45.7. The van der Waals surface area contributed by atoms with Gasteiger partial charge in [0, 0.05) is 14.2 Å². The van der Waals surface area contributed by atoms with E-state index in [0.717, 1.165) is 0 Å². The lowest BCUT2D eigenvalue weighted by molar-refractivity contribution is -0.213. The van der Waals surface area contributed by atoms with Crippen LogP contribution in [0.2, 0.25) is 0 Å². The van der Waals surface area contributed by atoms with Crippen molar-refractivity contribution < 1.29 is 81.1 Å². The van der Waals surface area contributed by atoms with Crippen molar-refractivity contribution >= 4 is 23.5 Å². The Labute approximate surface area is 175 Å². The largest absolute Gasteiger partial charge is 0.472 e. The molecule has 8 N–H and O–H groups in total. The monoisotopic (exact) mass is 522 g/mol. The van der Waals surface area contributed by atoms with Crippen molar-refractivity contribution in [2.24, 2.45) is 0 Å². The lowest BCUT2D eigenvalue weighted by Crippen LogP contribution is -2.65. The zero-order valence-corrected chi connectivity index (χ0v) is 18.7. The minimum atomic E-state index is -5.47. The van der Waals surface area contributed by atoms with E-state index in [4.69, 9.17) is 29.0 Å². The Morgan fingerprint density at radius 1 is 0.710 bits per heavy atom. The first-order chi connectivity index (χ1) is 14.0. The zero-order chi connectivity index (χ0) is 24.2. The Hall–Kier alpha value is 0.130. The minimum Gasteiger partial charge on any atom is -0.387 e. The van der Waals surface area contributed by atoms with Gasteiger partial charge in [0.2, 0.25) is 0 Å². The number of rotatable bonds is 12. The SMILES string of the molecule is COC[C@H](COP(=O)(O)O[C@@H]1[C@H](O)[C@H](O)[C@@H](OP(=O)(O)O)[C@H](OP(=O)(O)O)[C@H]1O)OC. The molecule has 1 fully saturated rings. The minimum absolute atomic E-state index is 0.0521. The van der Waals surface area contributed by atoms with Gasteiger partial charge < -0.3 is 49.3 Å². The van der Waals surface area contributed by atoms with Crippen molar-refractivity contribution in [2.45, 2.75) is 42.7 Å². The Kier molecular flexibility index (Phi) is 10.8. The lowest BCUT2D eigenvalue weighted by atomic mass is 9.85. The van der Waals surface area contributed by atoms with Crippen LogP contribution in [0.25, 0.3) is 0 Å². The van der Waals surface area contributed by atoms with E-state index < -0.39 is 72.8 Å². The third kappa shape index (κ3) is 9.49. The summed E-state index contributed by atoms with van der Waals surface area (Å²) < 4.78 is 61.8. The van der Waals surface area contributed by atoms with Gasteiger partial charge in [0.25, 0.3) is 0 Å². The van der Waals surface area contributed by atoms with Gasteiger partial charge in [0.05, 0.1) is 13.2 Å². The number of methoxy groups -OCH3 is 2. The van der Waals surface area contributed by atoms with E-state index in [1.165, 1.54) is 14.2 Å². The fourth-order valence-corrected chi connectivity index (χ4v) is 4.68. The van der Waals surface area contributed by atoms with Crippen LogP contribution in [-0.4, -0.2) is 110 Å². The highest BCUT2D eigenvalue weighted by Crippen LogP contribution is 2.51. The molecule has 0 aromatic heterocycles. The summed E-state index contributed by atoms with van der Waals surface area (Å²) in [7, 11) is -13.4. The highest BCUT2D eigenvalue weighted by molar-refractivity contribution is 7.47. The molecule has 1 aliphatic rings. The Morgan fingerprint density at radius 2 is 1.16 bits per heavy atom. The highest BCUT2D eigenvalue weighted by Gasteiger charge is 2.56. The van der Waals surface area contributed by atoms with Crippen LogP contribution in [-0.2, 0) is 41.3 Å². The maximum Gasteiger partial charge on any atom is 0.472 e. The van der Waals surface area contributed by atoms with Gasteiger partial charge in [-0.1, -0.05) is 0 Å². The summed E-state index contributed by atoms with van der Waals surface area (Å²) in [5.74, 6) is 0. The van der Waals surface area contributed by atoms with Crippen LogP contribution in [0.5, 0.6) is 0 Å². The van der Waals surface area contributed by atoms with Crippen molar-refractivity contribution in [2.75, 3.05) is 27.4 Å². The van der Waals surface area contributed by atoms with Gasteiger partial charge in [-0.2, -0.15) is 0 Å². The van der Waals surface area contributed by atoms with Crippen molar-refractivity contribution in [3.8, 4) is 0 Å². The molecule has 1 saturated carbocycles. The molecule has 0 heterocycles. The lowest BCUT2D eigenvalue weighted by Gasteiger charge is -2.44. The molecule has 31 heavy (non-hydrogen) atoms. The molecule has 0 radical (unpaired) electrons. The molecule has 0 aromatic carbocycles. The second-order valence-corrected chi connectivity index (χ2v) is 10.0. The molecule has 1 rings (SSSR count). The molecule has 20 heteroatoms. The molecule has 0 aromatic rings. The number of hydrogen-bond acceptors (Lipinski definition) is 12. The van der Waals surface area contributed by atoms with Crippen molar-refractivity contribution in [3.05, 3.63) is 0 Å². The Balaban J connectivity index is 3.09. The van der Waals surface area contributed by atoms with Gasteiger partial charge in [0.15, 0.2) is 0 Å². The number of aliphatic hydroxyl groups excluding tert-OH is 3. The van der Waals surface area contributed by atoms with E-state index in [1.54, 1.807) is 0 Å². The van der Waals surface area contributed by atoms with Gasteiger partial charge in [-0.25, -0.2) is 13.7 Å². The van der Waals surface area contributed by atoms with Crippen molar-refractivity contribution in [1.82, 2.24) is 0 Å². The van der Waals surface area contributed by atoms with Crippen LogP contribution >= 0.6 is 23.5 Å². The van der Waals surface area contributed by atoms with Crippen molar-refractivity contribution in [1.29, 1.82) is 0 Å². The normalized spacial score (nSPS) is 33.1. The van der Waals surface area contributed by atoms with Crippen LogP contribution in [0, 0.1) is 0 Å². The van der Waals surface area contributed by atoms with E-state index in [2.05, 4.69) is 18.1 Å². The van der Waals surface area contributed by atoms with Gasteiger partial charge in [-0.3, -0.25) is 18.1 Å². The zero-order valence-electron chi connectivity index (χ0n) is 16.0. The first-order valence-electron chi connectivity index (χ1n) is 8.21. The first-order valence-corrected chi connectivity index (χ1v) is 12.8. The molecule has 17 nitrogen and oxygen atoms in total. The summed E-state index contributed by atoms with van der Waals surface area (Å²) >= 11 is 0. The highest BCUT2D eigenvalue weighted by atomic mass is 31.2. The van der Waals surface area contributed by atoms with Gasteiger partial charge in [-0.15, -0.1) is 0 Å².